The van der Waals surface area contributed by atoms with Gasteiger partial charge in [-0.1, -0.05) is 24.3 Å². The van der Waals surface area contributed by atoms with Crippen LogP contribution in [-0.2, 0) is 0 Å². The van der Waals surface area contributed by atoms with E-state index in [0.717, 1.165) is 17.7 Å². The fraction of sp³-hybridized carbons (Fsp3) is 0.263. The first-order valence-electron chi connectivity index (χ1n) is 8.49. The number of rotatable bonds is 3. The average molecular weight is 367 g/mol. The summed E-state index contributed by atoms with van der Waals surface area (Å²) in [5.74, 6) is -0.349. The number of carbonyl (C=O) groups is 2. The van der Waals surface area contributed by atoms with Gasteiger partial charge < -0.3 is 4.90 Å². The molecule has 7 heteroatoms. The van der Waals surface area contributed by atoms with Crippen LogP contribution in [0.25, 0.3) is 10.8 Å². The predicted molar refractivity (Wildman–Crippen MR) is 99.6 cm³/mol. The van der Waals surface area contributed by atoms with Crippen molar-refractivity contribution in [1.29, 1.82) is 0 Å². The Morgan fingerprint density at radius 3 is 2.73 bits per heavy atom. The van der Waals surface area contributed by atoms with Crippen LogP contribution in [0, 0.1) is 5.92 Å². The first kappa shape index (κ1) is 16.7. The van der Waals surface area contributed by atoms with Crippen molar-refractivity contribution in [3.05, 3.63) is 62.7 Å². The van der Waals surface area contributed by atoms with Crippen molar-refractivity contribution >= 4 is 33.8 Å². The molecule has 1 aromatic carbocycles. The minimum absolute atomic E-state index is 0.0942. The molecular formula is C19H17N3O3S. The van der Waals surface area contributed by atoms with Gasteiger partial charge in [0.15, 0.2) is 11.5 Å². The number of carbonyl (C=O) groups excluding carboxylic acids is 2. The van der Waals surface area contributed by atoms with Crippen molar-refractivity contribution in [1.82, 2.24) is 15.1 Å². The molecule has 0 saturated carbocycles. The summed E-state index contributed by atoms with van der Waals surface area (Å²) in [6.45, 7) is 0.965. The second kappa shape index (κ2) is 6.84. The molecule has 1 fully saturated rings. The molecule has 1 aliphatic heterocycles. The molecule has 1 amide bonds. The van der Waals surface area contributed by atoms with E-state index < -0.39 is 0 Å². The number of aromatic nitrogens is 2. The molecule has 1 atom stereocenters. The van der Waals surface area contributed by atoms with Gasteiger partial charge in [-0.2, -0.15) is 5.10 Å². The number of ketones is 1. The fourth-order valence-electron chi connectivity index (χ4n) is 3.42. The van der Waals surface area contributed by atoms with Crippen molar-refractivity contribution in [2.75, 3.05) is 13.1 Å². The molecule has 26 heavy (non-hydrogen) atoms. The maximum Gasteiger partial charge on any atom is 0.274 e. The van der Waals surface area contributed by atoms with Gasteiger partial charge in [0, 0.05) is 24.4 Å². The zero-order chi connectivity index (χ0) is 18.1. The zero-order valence-electron chi connectivity index (χ0n) is 14.0. The maximum absolute atomic E-state index is 13.0. The summed E-state index contributed by atoms with van der Waals surface area (Å²) in [6, 6.07) is 10.6. The molecule has 3 heterocycles. The highest BCUT2D eigenvalue weighted by Gasteiger charge is 2.31. The summed E-state index contributed by atoms with van der Waals surface area (Å²) in [6.07, 6.45) is 1.55. The molecule has 0 spiro atoms. The Kier molecular flexibility index (Phi) is 4.38. The number of nitrogens with one attached hydrogen (secondary N) is 1. The second-order valence-corrected chi connectivity index (χ2v) is 7.33. The highest BCUT2D eigenvalue weighted by atomic mass is 32.1. The van der Waals surface area contributed by atoms with E-state index in [0.29, 0.717) is 23.9 Å². The van der Waals surface area contributed by atoms with Crippen LogP contribution in [-0.4, -0.2) is 39.9 Å². The number of benzene rings is 1. The third-order valence-corrected chi connectivity index (χ3v) is 5.63. The van der Waals surface area contributed by atoms with Crippen molar-refractivity contribution < 1.29 is 9.59 Å². The SMILES string of the molecule is O=C(c1cccs1)[C@H]1CCCN(C(=O)c2n[nH]c(=O)c3ccccc23)C1. The Hall–Kier alpha value is -2.80. The van der Waals surface area contributed by atoms with Crippen molar-refractivity contribution in [3.63, 3.8) is 0 Å². The van der Waals surface area contributed by atoms with Crippen LogP contribution in [0.5, 0.6) is 0 Å². The lowest BCUT2D eigenvalue weighted by Gasteiger charge is -2.31. The van der Waals surface area contributed by atoms with Crippen LogP contribution in [0.1, 0.15) is 33.0 Å². The first-order chi connectivity index (χ1) is 12.6. The number of fused-ring (bicyclic) bond motifs is 1. The number of hydrogen-bond acceptors (Lipinski definition) is 5. The minimum Gasteiger partial charge on any atom is -0.336 e. The van der Waals surface area contributed by atoms with E-state index in [1.54, 1.807) is 29.2 Å². The predicted octanol–water partition coefficient (Wildman–Crippen LogP) is 2.72. The van der Waals surface area contributed by atoms with Gasteiger partial charge in [0.2, 0.25) is 0 Å². The van der Waals surface area contributed by atoms with Gasteiger partial charge in [0.25, 0.3) is 11.5 Å². The highest BCUT2D eigenvalue weighted by molar-refractivity contribution is 7.12. The third kappa shape index (κ3) is 2.94. The number of Topliss-reactive ketones (excluding diaryl/α,β-unsaturated/α-hetero) is 1. The molecule has 1 aliphatic rings. The van der Waals surface area contributed by atoms with Crippen LogP contribution >= 0.6 is 11.3 Å². The van der Waals surface area contributed by atoms with Crippen molar-refractivity contribution in [2.45, 2.75) is 12.8 Å². The van der Waals surface area contributed by atoms with Gasteiger partial charge in [-0.15, -0.1) is 11.3 Å². The quantitative estimate of drug-likeness (QED) is 0.722. The Bertz CT molecular complexity index is 1030. The van der Waals surface area contributed by atoms with E-state index in [4.69, 9.17) is 0 Å². The van der Waals surface area contributed by atoms with Crippen LogP contribution in [0.2, 0.25) is 0 Å². The first-order valence-corrected chi connectivity index (χ1v) is 9.37. The molecule has 4 rings (SSSR count). The number of hydrogen-bond donors (Lipinski definition) is 1. The number of thiophene rings is 1. The molecule has 0 aliphatic carbocycles. The summed E-state index contributed by atoms with van der Waals surface area (Å²) in [5.41, 5.74) is -0.0917. The molecule has 3 aromatic rings. The molecule has 0 radical (unpaired) electrons. The topological polar surface area (TPSA) is 83.1 Å². The molecular weight excluding hydrogens is 350 g/mol. The Balaban J connectivity index is 1.62. The van der Waals surface area contributed by atoms with E-state index in [1.807, 2.05) is 17.5 Å². The second-order valence-electron chi connectivity index (χ2n) is 6.38. The van der Waals surface area contributed by atoms with E-state index in [1.165, 1.54) is 11.3 Å². The van der Waals surface area contributed by atoms with Gasteiger partial charge >= 0.3 is 0 Å². The number of nitrogens with zero attached hydrogens (tertiary/aromatic N) is 2. The molecule has 1 saturated heterocycles. The lowest BCUT2D eigenvalue weighted by molar-refractivity contribution is 0.0634. The van der Waals surface area contributed by atoms with Crippen LogP contribution in [0.4, 0.5) is 0 Å². The number of amides is 1. The van der Waals surface area contributed by atoms with Gasteiger partial charge in [0.1, 0.15) is 0 Å². The maximum atomic E-state index is 13.0. The lowest BCUT2D eigenvalue weighted by Crippen LogP contribution is -2.42. The van der Waals surface area contributed by atoms with Crippen molar-refractivity contribution in [2.24, 2.45) is 5.92 Å². The molecule has 2 aromatic heterocycles. The smallest absolute Gasteiger partial charge is 0.274 e. The number of aromatic amines is 1. The molecule has 6 nitrogen and oxygen atoms in total. The summed E-state index contributed by atoms with van der Waals surface area (Å²) in [7, 11) is 0. The van der Waals surface area contributed by atoms with Gasteiger partial charge in [-0.05, 0) is 30.4 Å². The standard InChI is InChI=1S/C19H17N3O3S/c23-17(15-8-4-10-26-15)12-5-3-9-22(11-12)19(25)16-13-6-1-2-7-14(13)18(24)21-20-16/h1-2,4,6-8,10,12H,3,5,9,11H2,(H,21,24)/t12-/m0/s1. The number of piperidine rings is 1. The van der Waals surface area contributed by atoms with Crippen LogP contribution in [0.15, 0.2) is 46.6 Å². The molecule has 0 unspecified atom stereocenters. The fourth-order valence-corrected chi connectivity index (χ4v) is 4.17. The summed E-state index contributed by atoms with van der Waals surface area (Å²) >= 11 is 1.43. The molecule has 1 N–H and O–H groups in total. The van der Waals surface area contributed by atoms with Gasteiger partial charge in [-0.3, -0.25) is 14.4 Å². The Morgan fingerprint density at radius 2 is 1.96 bits per heavy atom. The monoisotopic (exact) mass is 367 g/mol. The highest BCUT2D eigenvalue weighted by Crippen LogP contribution is 2.25. The van der Waals surface area contributed by atoms with Crippen molar-refractivity contribution in [3.8, 4) is 0 Å². The summed E-state index contributed by atoms with van der Waals surface area (Å²) in [4.78, 5) is 40.0. The van der Waals surface area contributed by atoms with E-state index in [9.17, 15) is 14.4 Å². The zero-order valence-corrected chi connectivity index (χ0v) is 14.8. The largest absolute Gasteiger partial charge is 0.336 e. The minimum atomic E-state index is -0.318. The van der Waals surface area contributed by atoms with E-state index in [2.05, 4.69) is 10.2 Å². The third-order valence-electron chi connectivity index (χ3n) is 4.74. The van der Waals surface area contributed by atoms with Crippen LogP contribution < -0.4 is 5.56 Å². The van der Waals surface area contributed by atoms with Gasteiger partial charge in [-0.25, -0.2) is 5.10 Å². The summed E-state index contributed by atoms with van der Waals surface area (Å²) in [5, 5.41) is 9.25. The number of likely N-dealkylation sites (tertiary alicyclic amines) is 1. The van der Waals surface area contributed by atoms with E-state index >= 15 is 0 Å². The van der Waals surface area contributed by atoms with Gasteiger partial charge in [0.05, 0.1) is 10.3 Å². The Morgan fingerprint density at radius 1 is 1.15 bits per heavy atom. The summed E-state index contributed by atoms with van der Waals surface area (Å²) < 4.78 is 0. The van der Waals surface area contributed by atoms with Crippen LogP contribution in [0.3, 0.4) is 0 Å². The Labute approximate surface area is 153 Å². The van der Waals surface area contributed by atoms with E-state index in [-0.39, 0.29) is 28.9 Å². The average Bonchev–Trinajstić information content (AvgIpc) is 3.22. The molecule has 132 valence electrons. The molecule has 0 bridgehead atoms. The normalized spacial score (nSPS) is 17.4. The lowest BCUT2D eigenvalue weighted by atomic mass is 9.92. The number of H-pyrrole nitrogens is 1.